The molecule has 3 N–H and O–H groups in total. The predicted molar refractivity (Wildman–Crippen MR) is 101 cm³/mol. The first-order valence-electron chi connectivity index (χ1n) is 8.54. The second-order valence-electron chi connectivity index (χ2n) is 6.01. The van der Waals surface area contributed by atoms with E-state index in [1.54, 1.807) is 24.4 Å². The molecule has 0 saturated carbocycles. The molecule has 136 valence electrons. The van der Waals surface area contributed by atoms with Crippen LogP contribution >= 0.6 is 0 Å². The molecule has 0 spiro atoms. The van der Waals surface area contributed by atoms with E-state index in [2.05, 4.69) is 40.2 Å². The highest BCUT2D eigenvalue weighted by atomic mass is 16.5. The number of nitrogens with one attached hydrogen (secondary N) is 3. The monoisotopic (exact) mass is 352 g/mol. The minimum Gasteiger partial charge on any atom is -0.477 e. The molecule has 0 aliphatic carbocycles. The molecule has 0 saturated heterocycles. The molecule has 7 heteroatoms. The van der Waals surface area contributed by atoms with Crippen LogP contribution in [-0.2, 0) is 0 Å². The standard InChI is InChI=1S/C19H24N6O/c1-5-26-19-14(7-6-9-23-19)15(21)11-16(22-10-8-20)18-17(12(2)3)24-13(4)25-18/h6-7,9,11-12,21-22H,5,10H2,1-4H3,(H,24,25)/b16-11+,21-15?. The number of aromatic nitrogens is 3. The highest BCUT2D eigenvalue weighted by Gasteiger charge is 2.17. The number of hydrogen-bond acceptors (Lipinski definition) is 6. The fourth-order valence-electron chi connectivity index (χ4n) is 2.55. The van der Waals surface area contributed by atoms with Gasteiger partial charge >= 0.3 is 0 Å². The van der Waals surface area contributed by atoms with Crippen molar-refractivity contribution in [2.75, 3.05) is 13.2 Å². The number of rotatable bonds is 8. The summed E-state index contributed by atoms with van der Waals surface area (Å²) in [4.78, 5) is 12.0. The summed E-state index contributed by atoms with van der Waals surface area (Å²) in [7, 11) is 0. The van der Waals surface area contributed by atoms with E-state index >= 15 is 0 Å². The zero-order valence-electron chi connectivity index (χ0n) is 15.6. The molecule has 0 aromatic carbocycles. The lowest BCUT2D eigenvalue weighted by Gasteiger charge is -2.12. The van der Waals surface area contributed by atoms with Crippen molar-refractivity contribution in [3.05, 3.63) is 47.2 Å². The number of hydrogen-bond donors (Lipinski definition) is 3. The summed E-state index contributed by atoms with van der Waals surface area (Å²) in [5.74, 6) is 1.41. The number of aromatic amines is 1. The fourth-order valence-corrected chi connectivity index (χ4v) is 2.55. The van der Waals surface area contributed by atoms with Gasteiger partial charge < -0.3 is 15.0 Å². The van der Waals surface area contributed by atoms with Gasteiger partial charge in [-0.3, -0.25) is 5.41 Å². The first kappa shape index (κ1) is 19.2. The van der Waals surface area contributed by atoms with Crippen molar-refractivity contribution in [1.82, 2.24) is 20.3 Å². The van der Waals surface area contributed by atoms with Crippen LogP contribution in [0.2, 0.25) is 0 Å². The van der Waals surface area contributed by atoms with Gasteiger partial charge in [0, 0.05) is 6.20 Å². The minimum absolute atomic E-state index is 0.125. The SMILES string of the molecule is CCOc1ncccc1C(=N)/C=C(/NCC#N)c1[nH]c(C)nc1C(C)C. The third kappa shape index (κ3) is 4.48. The fraction of sp³-hybridized carbons (Fsp3) is 0.368. The maximum Gasteiger partial charge on any atom is 0.222 e. The topological polar surface area (TPSA) is 110 Å². The van der Waals surface area contributed by atoms with Gasteiger partial charge in [0.05, 0.1) is 41.0 Å². The molecule has 2 aromatic heterocycles. The van der Waals surface area contributed by atoms with Gasteiger partial charge in [0.1, 0.15) is 12.4 Å². The second kappa shape index (κ2) is 8.81. The van der Waals surface area contributed by atoms with Crippen LogP contribution < -0.4 is 10.1 Å². The molecular weight excluding hydrogens is 328 g/mol. The lowest BCUT2D eigenvalue weighted by atomic mass is 10.0. The molecule has 0 aliphatic rings. The van der Waals surface area contributed by atoms with Crippen LogP contribution in [0.25, 0.3) is 5.70 Å². The first-order valence-corrected chi connectivity index (χ1v) is 8.54. The van der Waals surface area contributed by atoms with Crippen LogP contribution in [0, 0.1) is 23.7 Å². The van der Waals surface area contributed by atoms with Crippen molar-refractivity contribution in [2.24, 2.45) is 0 Å². The molecule has 0 unspecified atom stereocenters. The maximum atomic E-state index is 8.96. The average molecular weight is 352 g/mol. The summed E-state index contributed by atoms with van der Waals surface area (Å²) >= 11 is 0. The number of nitrogens with zero attached hydrogens (tertiary/aromatic N) is 3. The molecule has 2 rings (SSSR count). The molecule has 0 atom stereocenters. The molecule has 2 heterocycles. The van der Waals surface area contributed by atoms with Crippen molar-refractivity contribution < 1.29 is 4.74 Å². The van der Waals surface area contributed by atoms with Crippen LogP contribution in [0.5, 0.6) is 5.88 Å². The number of allylic oxidation sites excluding steroid dienone is 1. The third-order valence-electron chi connectivity index (χ3n) is 3.66. The highest BCUT2D eigenvalue weighted by Crippen LogP contribution is 2.24. The Morgan fingerprint density at radius 1 is 1.50 bits per heavy atom. The van der Waals surface area contributed by atoms with E-state index in [0.29, 0.717) is 23.7 Å². The number of imidazole rings is 1. The Morgan fingerprint density at radius 2 is 2.27 bits per heavy atom. The smallest absolute Gasteiger partial charge is 0.222 e. The van der Waals surface area contributed by atoms with E-state index in [4.69, 9.17) is 15.4 Å². The Bertz CT molecular complexity index is 844. The zero-order chi connectivity index (χ0) is 19.1. The summed E-state index contributed by atoms with van der Waals surface area (Å²) in [5.41, 5.74) is 3.16. The summed E-state index contributed by atoms with van der Waals surface area (Å²) < 4.78 is 5.52. The third-order valence-corrected chi connectivity index (χ3v) is 3.66. The number of aryl methyl sites for hydroxylation is 1. The maximum absolute atomic E-state index is 8.96. The Hall–Kier alpha value is -3.14. The zero-order valence-corrected chi connectivity index (χ0v) is 15.6. The molecule has 26 heavy (non-hydrogen) atoms. The van der Waals surface area contributed by atoms with Gasteiger partial charge in [-0.1, -0.05) is 13.8 Å². The summed E-state index contributed by atoms with van der Waals surface area (Å²) in [5, 5.41) is 20.5. The molecule has 0 bridgehead atoms. The Labute approximate surface area is 153 Å². The van der Waals surface area contributed by atoms with Gasteiger partial charge in [-0.2, -0.15) is 5.26 Å². The van der Waals surface area contributed by atoms with E-state index in [1.165, 1.54) is 0 Å². The van der Waals surface area contributed by atoms with Gasteiger partial charge in [-0.05, 0) is 38.0 Å². The van der Waals surface area contributed by atoms with Crippen molar-refractivity contribution in [1.29, 1.82) is 10.7 Å². The van der Waals surface area contributed by atoms with Crippen LogP contribution in [-0.4, -0.2) is 33.8 Å². The number of ether oxygens (including phenoxy) is 1. The lowest BCUT2D eigenvalue weighted by Crippen LogP contribution is -2.16. The van der Waals surface area contributed by atoms with E-state index in [1.807, 2.05) is 13.8 Å². The van der Waals surface area contributed by atoms with Crippen molar-refractivity contribution in [3.8, 4) is 11.9 Å². The van der Waals surface area contributed by atoms with Gasteiger partial charge in [0.2, 0.25) is 5.88 Å². The molecule has 0 amide bonds. The van der Waals surface area contributed by atoms with Crippen molar-refractivity contribution >= 4 is 11.4 Å². The number of pyridine rings is 1. The normalized spacial score (nSPS) is 11.3. The Balaban J connectivity index is 2.48. The predicted octanol–water partition coefficient (Wildman–Crippen LogP) is 3.16. The summed E-state index contributed by atoms with van der Waals surface area (Å²) in [6.45, 7) is 8.47. The van der Waals surface area contributed by atoms with Gasteiger partial charge in [0.15, 0.2) is 0 Å². The van der Waals surface area contributed by atoms with E-state index < -0.39 is 0 Å². The molecule has 0 aliphatic heterocycles. The molecule has 2 aromatic rings. The Kier molecular flexibility index (Phi) is 6.50. The molecular formula is C19H24N6O. The molecule has 0 radical (unpaired) electrons. The quantitative estimate of drug-likeness (QED) is 0.499. The lowest BCUT2D eigenvalue weighted by molar-refractivity contribution is 0.326. The van der Waals surface area contributed by atoms with Crippen molar-refractivity contribution in [2.45, 2.75) is 33.6 Å². The number of nitriles is 1. The minimum atomic E-state index is 0.125. The van der Waals surface area contributed by atoms with E-state index in [0.717, 1.165) is 17.2 Å². The summed E-state index contributed by atoms with van der Waals surface area (Å²) in [6.07, 6.45) is 3.31. The van der Waals surface area contributed by atoms with Crippen LogP contribution in [0.4, 0.5) is 0 Å². The Morgan fingerprint density at radius 3 is 2.92 bits per heavy atom. The first-order chi connectivity index (χ1) is 12.5. The van der Waals surface area contributed by atoms with Crippen LogP contribution in [0.1, 0.15) is 49.5 Å². The van der Waals surface area contributed by atoms with Crippen LogP contribution in [0.15, 0.2) is 24.4 Å². The van der Waals surface area contributed by atoms with Crippen molar-refractivity contribution in [3.63, 3.8) is 0 Å². The van der Waals surface area contributed by atoms with E-state index in [9.17, 15) is 0 Å². The number of H-pyrrole nitrogens is 1. The van der Waals surface area contributed by atoms with Gasteiger partial charge in [0.25, 0.3) is 0 Å². The van der Waals surface area contributed by atoms with Crippen LogP contribution in [0.3, 0.4) is 0 Å². The molecule has 0 fully saturated rings. The second-order valence-corrected chi connectivity index (χ2v) is 6.01. The van der Waals surface area contributed by atoms with E-state index in [-0.39, 0.29) is 18.2 Å². The highest BCUT2D eigenvalue weighted by molar-refractivity contribution is 6.11. The summed E-state index contributed by atoms with van der Waals surface area (Å²) in [6, 6.07) is 5.63. The average Bonchev–Trinajstić information content (AvgIpc) is 3.01. The molecule has 7 nitrogen and oxygen atoms in total. The van der Waals surface area contributed by atoms with Gasteiger partial charge in [-0.25, -0.2) is 9.97 Å². The largest absolute Gasteiger partial charge is 0.477 e. The van der Waals surface area contributed by atoms with Gasteiger partial charge in [-0.15, -0.1) is 0 Å².